The molecule has 1 rings (SSSR count). The zero-order chi connectivity index (χ0) is 10.6. The quantitative estimate of drug-likeness (QED) is 0.646. The maximum Gasteiger partial charge on any atom is 0.321 e. The number of carbonyl (C=O) groups is 1. The zero-order valence-corrected chi connectivity index (χ0v) is 8.63. The minimum atomic E-state index is -0.895. The summed E-state index contributed by atoms with van der Waals surface area (Å²) in [4.78, 5) is 10.7. The summed E-state index contributed by atoms with van der Waals surface area (Å²) in [5, 5.41) is 20.4. The molecule has 0 aliphatic rings. The van der Waals surface area contributed by atoms with Crippen molar-refractivity contribution in [3.05, 3.63) is 29.8 Å². The van der Waals surface area contributed by atoms with Crippen molar-refractivity contribution < 1.29 is 15.0 Å². The summed E-state index contributed by atoms with van der Waals surface area (Å²) in [7, 11) is 2.19. The number of hydrogen-bond donors (Lipinski definition) is 3. The van der Waals surface area contributed by atoms with Crippen molar-refractivity contribution in [3.63, 3.8) is 0 Å². The lowest BCUT2D eigenvalue weighted by atomic mass is 10.1. The number of carboxylic acids is 1. The molecule has 0 saturated carbocycles. The molecule has 0 saturated heterocycles. The van der Waals surface area contributed by atoms with Gasteiger partial charge in [0.05, 0.1) is 0 Å². The average Bonchev–Trinajstić information content (AvgIpc) is 2.16. The van der Waals surface area contributed by atoms with Gasteiger partial charge in [0, 0.05) is 0 Å². The SMILES string of the molecule is O=C(O)[C@H](Cc1ccc(O)cc1)NP. The molecule has 1 unspecified atom stereocenters. The van der Waals surface area contributed by atoms with Gasteiger partial charge in [0.25, 0.3) is 0 Å². The molecule has 1 aromatic carbocycles. The molecule has 0 aliphatic heterocycles. The van der Waals surface area contributed by atoms with Gasteiger partial charge in [-0.3, -0.25) is 9.88 Å². The molecule has 4 nitrogen and oxygen atoms in total. The van der Waals surface area contributed by atoms with Gasteiger partial charge in [0.1, 0.15) is 11.8 Å². The minimum Gasteiger partial charge on any atom is -0.508 e. The van der Waals surface area contributed by atoms with Gasteiger partial charge in [0.2, 0.25) is 0 Å². The molecule has 0 radical (unpaired) electrons. The number of benzene rings is 1. The monoisotopic (exact) mass is 213 g/mol. The molecule has 3 N–H and O–H groups in total. The Hall–Kier alpha value is -1.12. The van der Waals surface area contributed by atoms with E-state index in [1.165, 1.54) is 12.1 Å². The van der Waals surface area contributed by atoms with Crippen LogP contribution in [0, 0.1) is 0 Å². The Bertz CT molecular complexity index is 312. The normalized spacial score (nSPS) is 12.4. The predicted molar refractivity (Wildman–Crippen MR) is 56.1 cm³/mol. The molecule has 0 fully saturated rings. The number of hydrogen-bond acceptors (Lipinski definition) is 3. The van der Waals surface area contributed by atoms with E-state index in [0.29, 0.717) is 6.42 Å². The maximum atomic E-state index is 10.7. The Balaban J connectivity index is 2.67. The fourth-order valence-corrected chi connectivity index (χ4v) is 1.35. The highest BCUT2D eigenvalue weighted by Gasteiger charge is 2.14. The molecule has 0 bridgehead atoms. The van der Waals surface area contributed by atoms with E-state index >= 15 is 0 Å². The van der Waals surface area contributed by atoms with Crippen LogP contribution in [0.1, 0.15) is 5.56 Å². The van der Waals surface area contributed by atoms with E-state index in [2.05, 4.69) is 14.5 Å². The lowest BCUT2D eigenvalue weighted by Gasteiger charge is -2.10. The second-order valence-electron chi connectivity index (χ2n) is 2.93. The highest BCUT2D eigenvalue weighted by atomic mass is 31.0. The van der Waals surface area contributed by atoms with Gasteiger partial charge >= 0.3 is 5.97 Å². The van der Waals surface area contributed by atoms with Crippen LogP contribution in [0.5, 0.6) is 5.75 Å². The summed E-state index contributed by atoms with van der Waals surface area (Å²) in [6.45, 7) is 0. The Morgan fingerprint density at radius 3 is 2.43 bits per heavy atom. The lowest BCUT2D eigenvalue weighted by molar-refractivity contribution is -0.138. The molecular weight excluding hydrogens is 201 g/mol. The van der Waals surface area contributed by atoms with Crippen LogP contribution in [0.4, 0.5) is 0 Å². The summed E-state index contributed by atoms with van der Waals surface area (Å²) in [5.74, 6) is -0.715. The van der Waals surface area contributed by atoms with E-state index in [1.54, 1.807) is 12.1 Å². The first-order valence-corrected chi connectivity index (χ1v) is 4.68. The number of phenolic OH excluding ortho intramolecular Hbond substituents is 1. The van der Waals surface area contributed by atoms with Crippen molar-refractivity contribution in [2.24, 2.45) is 0 Å². The summed E-state index contributed by atoms with van der Waals surface area (Å²) in [5.41, 5.74) is 0.866. The maximum absolute atomic E-state index is 10.7. The van der Waals surface area contributed by atoms with Gasteiger partial charge in [0.15, 0.2) is 0 Å². The second-order valence-corrected chi connectivity index (χ2v) is 3.26. The highest BCUT2D eigenvalue weighted by Crippen LogP contribution is 2.11. The molecular formula is C9H12NO3P. The molecule has 5 heteroatoms. The van der Waals surface area contributed by atoms with E-state index in [0.717, 1.165) is 5.56 Å². The van der Waals surface area contributed by atoms with Crippen LogP contribution in [0.3, 0.4) is 0 Å². The third kappa shape index (κ3) is 2.98. The van der Waals surface area contributed by atoms with Gasteiger partial charge in [-0.1, -0.05) is 21.5 Å². The number of aliphatic carboxylic acids is 1. The molecule has 14 heavy (non-hydrogen) atoms. The first-order chi connectivity index (χ1) is 6.63. The number of phenols is 1. The Morgan fingerprint density at radius 1 is 1.43 bits per heavy atom. The Morgan fingerprint density at radius 2 is 2.00 bits per heavy atom. The van der Waals surface area contributed by atoms with Crippen molar-refractivity contribution >= 4 is 15.4 Å². The first kappa shape index (κ1) is 11.0. The number of rotatable bonds is 4. The van der Waals surface area contributed by atoms with E-state index in [4.69, 9.17) is 10.2 Å². The fourth-order valence-electron chi connectivity index (χ4n) is 1.09. The minimum absolute atomic E-state index is 0.180. The average molecular weight is 213 g/mol. The molecule has 0 heterocycles. The van der Waals surface area contributed by atoms with Crippen LogP contribution in [0.25, 0.3) is 0 Å². The second kappa shape index (κ2) is 4.94. The zero-order valence-electron chi connectivity index (χ0n) is 7.47. The largest absolute Gasteiger partial charge is 0.508 e. The standard InChI is InChI=1S/C9H12NO3P/c11-7-3-1-6(2-4-7)5-8(10-14)9(12)13/h1-4,8,10-11H,5,14H2,(H,12,13)/t8-/m0/s1. The topological polar surface area (TPSA) is 69.6 Å². The first-order valence-electron chi connectivity index (χ1n) is 4.10. The van der Waals surface area contributed by atoms with E-state index in [-0.39, 0.29) is 5.75 Å². The van der Waals surface area contributed by atoms with Gasteiger partial charge < -0.3 is 10.2 Å². The molecule has 0 aliphatic carbocycles. The third-order valence-corrected chi connectivity index (χ3v) is 2.28. The van der Waals surface area contributed by atoms with Crippen molar-refractivity contribution in [2.45, 2.75) is 12.5 Å². The van der Waals surface area contributed by atoms with Crippen LogP contribution >= 0.6 is 9.39 Å². The van der Waals surface area contributed by atoms with Gasteiger partial charge in [-0.15, -0.1) is 0 Å². The summed E-state index contributed by atoms with van der Waals surface area (Å²) >= 11 is 0. The Kier molecular flexibility index (Phi) is 3.86. The van der Waals surface area contributed by atoms with E-state index in [1.807, 2.05) is 0 Å². The van der Waals surface area contributed by atoms with Crippen molar-refractivity contribution in [2.75, 3.05) is 0 Å². The fraction of sp³-hybridized carbons (Fsp3) is 0.222. The summed E-state index contributed by atoms with van der Waals surface area (Å²) in [6, 6.07) is 5.86. The van der Waals surface area contributed by atoms with Crippen molar-refractivity contribution in [3.8, 4) is 5.75 Å². The lowest BCUT2D eigenvalue weighted by Crippen LogP contribution is -2.32. The Labute approximate surface area is 84.2 Å². The van der Waals surface area contributed by atoms with Crippen molar-refractivity contribution in [1.82, 2.24) is 5.09 Å². The van der Waals surface area contributed by atoms with Crippen molar-refractivity contribution in [1.29, 1.82) is 0 Å². The molecule has 76 valence electrons. The van der Waals surface area contributed by atoms with Crippen LogP contribution < -0.4 is 5.09 Å². The predicted octanol–water partition coefficient (Wildman–Crippen LogP) is 0.768. The molecule has 0 aromatic heterocycles. The number of carboxylic acid groups (broad SMARTS) is 1. The molecule has 2 atom stereocenters. The summed E-state index contributed by atoms with van der Waals surface area (Å²) < 4.78 is 0. The van der Waals surface area contributed by atoms with Gasteiger partial charge in [-0.2, -0.15) is 0 Å². The molecule has 0 spiro atoms. The van der Waals surface area contributed by atoms with Crippen LogP contribution in [-0.2, 0) is 11.2 Å². The van der Waals surface area contributed by atoms with Gasteiger partial charge in [-0.25, -0.2) is 0 Å². The number of aromatic hydroxyl groups is 1. The number of nitrogens with one attached hydrogen (secondary N) is 1. The molecule has 0 amide bonds. The van der Waals surface area contributed by atoms with E-state index in [9.17, 15) is 4.79 Å². The summed E-state index contributed by atoms with van der Waals surface area (Å²) in [6.07, 6.45) is 0.388. The van der Waals surface area contributed by atoms with Crippen LogP contribution in [0.2, 0.25) is 0 Å². The van der Waals surface area contributed by atoms with Gasteiger partial charge in [-0.05, 0) is 24.1 Å². The highest BCUT2D eigenvalue weighted by molar-refractivity contribution is 7.13. The molecule has 1 aromatic rings. The van der Waals surface area contributed by atoms with E-state index < -0.39 is 12.0 Å². The third-order valence-electron chi connectivity index (χ3n) is 1.88. The smallest absolute Gasteiger partial charge is 0.321 e. The van der Waals surface area contributed by atoms with Crippen LogP contribution in [-0.4, -0.2) is 22.2 Å². The van der Waals surface area contributed by atoms with Crippen LogP contribution in [0.15, 0.2) is 24.3 Å².